The molecule has 0 N–H and O–H groups in total. The van der Waals surface area contributed by atoms with Crippen molar-refractivity contribution in [3.05, 3.63) is 78.4 Å². The number of carbonyl (C=O) groups is 1. The lowest BCUT2D eigenvalue weighted by atomic mass is 10.1. The minimum absolute atomic E-state index is 0.164. The highest BCUT2D eigenvalue weighted by atomic mass is 32.2. The van der Waals surface area contributed by atoms with E-state index < -0.39 is 16.1 Å². The summed E-state index contributed by atoms with van der Waals surface area (Å²) in [6.45, 7) is 16.3. The van der Waals surface area contributed by atoms with E-state index in [4.69, 9.17) is 9.47 Å². The molecule has 0 heterocycles. The number of amides is 1. The predicted molar refractivity (Wildman–Crippen MR) is 153 cm³/mol. The van der Waals surface area contributed by atoms with Crippen molar-refractivity contribution in [1.82, 2.24) is 9.21 Å². The summed E-state index contributed by atoms with van der Waals surface area (Å²) in [7, 11) is -0.826. The Morgan fingerprint density at radius 1 is 1.08 bits per heavy atom. The second-order valence-electron chi connectivity index (χ2n) is 9.98. The van der Waals surface area contributed by atoms with E-state index in [0.29, 0.717) is 17.9 Å². The van der Waals surface area contributed by atoms with Crippen molar-refractivity contribution < 1.29 is 22.7 Å². The summed E-state index contributed by atoms with van der Waals surface area (Å²) < 4.78 is 40.0. The zero-order chi connectivity index (χ0) is 28.5. The molecular formula is C30H42N2O5S. The fourth-order valence-corrected chi connectivity index (χ4v) is 5.72. The van der Waals surface area contributed by atoms with Gasteiger partial charge >= 0.3 is 0 Å². The summed E-state index contributed by atoms with van der Waals surface area (Å²) in [5.74, 6) is 1.15. The molecule has 1 amide bonds. The van der Waals surface area contributed by atoms with E-state index >= 15 is 0 Å². The smallest absolute Gasteiger partial charge is 0.243 e. The number of ether oxygens (including phenoxy) is 2. The van der Waals surface area contributed by atoms with Crippen LogP contribution in [0.3, 0.4) is 0 Å². The van der Waals surface area contributed by atoms with Crippen LogP contribution in [0.1, 0.15) is 44.7 Å². The van der Waals surface area contributed by atoms with Gasteiger partial charge in [-0.25, -0.2) is 8.42 Å². The summed E-state index contributed by atoms with van der Waals surface area (Å²) in [5, 5.41) is 0. The minimum Gasteiger partial charge on any atom is -0.497 e. The average Bonchev–Trinajstić information content (AvgIpc) is 2.87. The van der Waals surface area contributed by atoms with Crippen LogP contribution in [0.2, 0.25) is 0 Å². The SMILES string of the molecule is C=CC[C@@H](C(=O)N(CC(=C)C)Cc1ccc(OC)cc1OC)N(CCC(C)C)S(=O)(=O)c1ccc(C)cc1. The monoisotopic (exact) mass is 542 g/mol. The predicted octanol–water partition coefficient (Wildman–Crippen LogP) is 5.60. The third-order valence-corrected chi connectivity index (χ3v) is 8.13. The lowest BCUT2D eigenvalue weighted by molar-refractivity contribution is -0.135. The van der Waals surface area contributed by atoms with Gasteiger partial charge in [-0.2, -0.15) is 4.31 Å². The fourth-order valence-electron chi connectivity index (χ4n) is 4.11. The van der Waals surface area contributed by atoms with E-state index in [9.17, 15) is 13.2 Å². The minimum atomic E-state index is -3.96. The van der Waals surface area contributed by atoms with E-state index in [0.717, 1.165) is 16.7 Å². The van der Waals surface area contributed by atoms with Crippen molar-refractivity contribution in [3.8, 4) is 11.5 Å². The molecule has 0 spiro atoms. The first-order valence-electron chi connectivity index (χ1n) is 12.8. The van der Waals surface area contributed by atoms with Gasteiger partial charge in [0.2, 0.25) is 15.9 Å². The maximum absolute atomic E-state index is 14.2. The van der Waals surface area contributed by atoms with Crippen molar-refractivity contribution in [3.63, 3.8) is 0 Å². The molecule has 0 unspecified atom stereocenters. The molecule has 2 rings (SSSR count). The molecule has 0 aliphatic heterocycles. The molecule has 0 radical (unpaired) electrons. The molecule has 8 heteroatoms. The summed E-state index contributed by atoms with van der Waals surface area (Å²) in [4.78, 5) is 16.0. The van der Waals surface area contributed by atoms with Crippen LogP contribution in [0.25, 0.3) is 0 Å². The van der Waals surface area contributed by atoms with Gasteiger partial charge in [0.1, 0.15) is 17.5 Å². The number of hydrogen-bond acceptors (Lipinski definition) is 5. The quantitative estimate of drug-likeness (QED) is 0.274. The summed E-state index contributed by atoms with van der Waals surface area (Å²) in [6, 6.07) is 11.2. The molecule has 0 aliphatic carbocycles. The van der Waals surface area contributed by atoms with Gasteiger partial charge in [-0.3, -0.25) is 4.79 Å². The summed E-state index contributed by atoms with van der Waals surface area (Å²) in [6.07, 6.45) is 2.38. The van der Waals surface area contributed by atoms with E-state index in [2.05, 4.69) is 13.2 Å². The van der Waals surface area contributed by atoms with Crippen molar-refractivity contribution in [2.24, 2.45) is 5.92 Å². The van der Waals surface area contributed by atoms with Crippen molar-refractivity contribution >= 4 is 15.9 Å². The normalized spacial score (nSPS) is 12.3. The van der Waals surface area contributed by atoms with Crippen molar-refractivity contribution in [1.29, 1.82) is 0 Å². The van der Waals surface area contributed by atoms with E-state index in [1.165, 1.54) is 4.31 Å². The maximum atomic E-state index is 14.2. The Morgan fingerprint density at radius 2 is 1.74 bits per heavy atom. The third-order valence-electron chi connectivity index (χ3n) is 6.20. The van der Waals surface area contributed by atoms with Crippen LogP contribution in [0.5, 0.6) is 11.5 Å². The Morgan fingerprint density at radius 3 is 2.26 bits per heavy atom. The van der Waals surface area contributed by atoms with E-state index in [1.807, 2.05) is 33.8 Å². The van der Waals surface area contributed by atoms with Gasteiger partial charge < -0.3 is 14.4 Å². The number of sulfonamides is 1. The number of aryl methyl sites for hydroxylation is 1. The first-order chi connectivity index (χ1) is 17.9. The number of benzene rings is 2. The van der Waals surface area contributed by atoms with E-state index in [-0.39, 0.29) is 42.8 Å². The molecule has 7 nitrogen and oxygen atoms in total. The van der Waals surface area contributed by atoms with Gasteiger partial charge in [-0.1, -0.05) is 49.8 Å². The van der Waals surface area contributed by atoms with Crippen LogP contribution in [0.4, 0.5) is 0 Å². The van der Waals surface area contributed by atoms with Crippen LogP contribution >= 0.6 is 0 Å². The molecule has 1 atom stereocenters. The Kier molecular flexibility index (Phi) is 11.6. The average molecular weight is 543 g/mol. The maximum Gasteiger partial charge on any atom is 0.243 e. The summed E-state index contributed by atoms with van der Waals surface area (Å²) in [5.41, 5.74) is 2.51. The molecule has 0 fully saturated rings. The zero-order valence-electron chi connectivity index (χ0n) is 23.6. The molecule has 0 saturated carbocycles. The largest absolute Gasteiger partial charge is 0.497 e. The molecule has 2 aromatic rings. The second kappa shape index (κ2) is 14.2. The Bertz CT molecular complexity index is 1210. The highest BCUT2D eigenvalue weighted by Gasteiger charge is 2.37. The Labute approximate surface area is 228 Å². The standard InChI is InChI=1S/C30H42N2O5S/c1-9-10-28(32(18-17-22(2)3)38(34,35)27-15-11-24(6)12-16-27)30(33)31(20-23(4)5)21-25-13-14-26(36-7)19-29(25)37-8/h9,11-16,19,22,28H,1,4,10,17-18,20-21H2,2-3,5-8H3/t28-/m0/s1. The molecule has 2 aromatic carbocycles. The van der Waals surface area contributed by atoms with Gasteiger partial charge in [-0.05, 0) is 56.9 Å². The first-order valence-corrected chi connectivity index (χ1v) is 14.2. The molecule has 0 aromatic heterocycles. The van der Waals surface area contributed by atoms with Crippen LogP contribution in [0.15, 0.2) is 72.2 Å². The summed E-state index contributed by atoms with van der Waals surface area (Å²) >= 11 is 0. The molecule has 208 valence electrons. The lowest BCUT2D eigenvalue weighted by Gasteiger charge is -2.34. The van der Waals surface area contributed by atoms with E-state index in [1.54, 1.807) is 61.6 Å². The highest BCUT2D eigenvalue weighted by Crippen LogP contribution is 2.28. The van der Waals surface area contributed by atoms with Crippen molar-refractivity contribution in [2.45, 2.75) is 58.0 Å². The number of methoxy groups -OCH3 is 2. The lowest BCUT2D eigenvalue weighted by Crippen LogP contribution is -2.51. The van der Waals surface area contributed by atoms with Gasteiger partial charge in [0.25, 0.3) is 0 Å². The number of hydrogen-bond donors (Lipinski definition) is 0. The molecule has 0 bridgehead atoms. The van der Waals surface area contributed by atoms with Gasteiger partial charge in [0.05, 0.1) is 19.1 Å². The topological polar surface area (TPSA) is 76.2 Å². The molecule has 0 aliphatic rings. The van der Waals surface area contributed by atoms with Crippen LogP contribution in [0, 0.1) is 12.8 Å². The zero-order valence-corrected chi connectivity index (χ0v) is 24.4. The number of nitrogens with zero attached hydrogens (tertiary/aromatic N) is 2. The molecule has 0 saturated heterocycles. The first kappa shape index (κ1) is 31.1. The van der Waals surface area contributed by atoms with Gasteiger partial charge in [0.15, 0.2) is 0 Å². The second-order valence-corrected chi connectivity index (χ2v) is 11.9. The number of carbonyl (C=O) groups excluding carboxylic acids is 1. The molecular weight excluding hydrogens is 500 g/mol. The van der Waals surface area contributed by atoms with Gasteiger partial charge in [0, 0.05) is 31.3 Å². The number of rotatable bonds is 15. The third kappa shape index (κ3) is 8.20. The van der Waals surface area contributed by atoms with Crippen LogP contribution in [-0.2, 0) is 21.4 Å². The molecule has 38 heavy (non-hydrogen) atoms. The van der Waals surface area contributed by atoms with Gasteiger partial charge in [-0.15, -0.1) is 6.58 Å². The fraction of sp³-hybridized carbons (Fsp3) is 0.433. The van der Waals surface area contributed by atoms with Crippen LogP contribution < -0.4 is 9.47 Å². The highest BCUT2D eigenvalue weighted by molar-refractivity contribution is 7.89. The van der Waals surface area contributed by atoms with Crippen LogP contribution in [-0.4, -0.2) is 56.9 Å². The Hall–Kier alpha value is -3.10. The Balaban J connectivity index is 2.56. The van der Waals surface area contributed by atoms with Crippen molar-refractivity contribution in [2.75, 3.05) is 27.3 Å².